The Labute approximate surface area is 128 Å². The summed E-state index contributed by atoms with van der Waals surface area (Å²) in [5, 5.41) is 10.9. The average Bonchev–Trinajstić information content (AvgIpc) is 2.97. The molecule has 0 bridgehead atoms. The number of hydrogen-bond acceptors (Lipinski definition) is 4. The Morgan fingerprint density at radius 3 is 2.76 bits per heavy atom. The van der Waals surface area contributed by atoms with E-state index >= 15 is 0 Å². The van der Waals surface area contributed by atoms with Crippen LogP contribution in [0.3, 0.4) is 0 Å². The maximum Gasteiger partial charge on any atom is 0.345 e. The van der Waals surface area contributed by atoms with Gasteiger partial charge in [-0.3, -0.25) is 0 Å². The van der Waals surface area contributed by atoms with Crippen molar-refractivity contribution in [1.82, 2.24) is 0 Å². The summed E-state index contributed by atoms with van der Waals surface area (Å²) in [4.78, 5) is 13.4. The van der Waals surface area contributed by atoms with Crippen LogP contribution >= 0.6 is 11.3 Å². The lowest BCUT2D eigenvalue weighted by Crippen LogP contribution is -2.30. The number of benzene rings is 1. The number of ether oxygens (including phenoxy) is 1. The highest BCUT2D eigenvalue weighted by Gasteiger charge is 2.16. The number of nitrogens with zero attached hydrogens (tertiary/aromatic N) is 1. The first kappa shape index (κ1) is 15.4. The minimum absolute atomic E-state index is 0.234. The zero-order valence-electron chi connectivity index (χ0n) is 12.4. The molecule has 0 fully saturated rings. The molecule has 0 saturated carbocycles. The van der Waals surface area contributed by atoms with E-state index in [1.54, 1.807) is 13.2 Å². The number of rotatable bonds is 6. The molecule has 0 radical (unpaired) electrons. The zero-order chi connectivity index (χ0) is 15.4. The number of carboxylic acid groups (broad SMARTS) is 1. The van der Waals surface area contributed by atoms with Gasteiger partial charge in [0.25, 0.3) is 0 Å². The molecule has 0 aliphatic rings. The van der Waals surface area contributed by atoms with Gasteiger partial charge >= 0.3 is 5.97 Å². The summed E-state index contributed by atoms with van der Waals surface area (Å²) in [5.74, 6) is 0.00586. The molecule has 2 rings (SSSR count). The maximum absolute atomic E-state index is 11.0. The summed E-state index contributed by atoms with van der Waals surface area (Å²) in [6, 6.07) is 9.91. The van der Waals surface area contributed by atoms with Crippen LogP contribution in [0.2, 0.25) is 0 Å². The van der Waals surface area contributed by atoms with Gasteiger partial charge in [0, 0.05) is 24.2 Å². The number of para-hydroxylation sites is 1. The van der Waals surface area contributed by atoms with E-state index in [0.29, 0.717) is 4.88 Å². The molecule has 2 aromatic rings. The van der Waals surface area contributed by atoms with E-state index in [0.717, 1.165) is 23.4 Å². The molecule has 0 aliphatic heterocycles. The summed E-state index contributed by atoms with van der Waals surface area (Å²) in [7, 11) is 3.65. The van der Waals surface area contributed by atoms with Crippen molar-refractivity contribution in [3.05, 3.63) is 46.2 Å². The van der Waals surface area contributed by atoms with Crippen LogP contribution in [0.15, 0.2) is 35.7 Å². The van der Waals surface area contributed by atoms with E-state index in [4.69, 9.17) is 9.84 Å². The zero-order valence-corrected chi connectivity index (χ0v) is 13.2. The van der Waals surface area contributed by atoms with Gasteiger partial charge in [-0.1, -0.05) is 18.2 Å². The molecule has 0 saturated heterocycles. The van der Waals surface area contributed by atoms with Crippen LogP contribution in [0.1, 0.15) is 22.2 Å². The molecule has 4 nitrogen and oxygen atoms in total. The van der Waals surface area contributed by atoms with Crippen LogP contribution < -0.4 is 9.64 Å². The SMILES string of the molecule is COc1ccccc1CC(C)N(C)c1csc(C(=O)O)c1. The molecule has 0 spiro atoms. The molecule has 1 unspecified atom stereocenters. The van der Waals surface area contributed by atoms with Crippen molar-refractivity contribution in [3.63, 3.8) is 0 Å². The van der Waals surface area contributed by atoms with E-state index in [1.807, 2.05) is 30.6 Å². The maximum atomic E-state index is 11.0. The van der Waals surface area contributed by atoms with Gasteiger partial charge in [0.2, 0.25) is 0 Å². The highest BCUT2D eigenvalue weighted by molar-refractivity contribution is 7.12. The second-order valence-electron chi connectivity index (χ2n) is 4.95. The summed E-state index contributed by atoms with van der Waals surface area (Å²) in [6.45, 7) is 2.12. The Bertz CT molecular complexity index is 623. The van der Waals surface area contributed by atoms with Gasteiger partial charge < -0.3 is 14.7 Å². The highest BCUT2D eigenvalue weighted by Crippen LogP contribution is 2.26. The number of hydrogen-bond donors (Lipinski definition) is 1. The predicted octanol–water partition coefficient (Wildman–Crippen LogP) is 3.52. The van der Waals surface area contributed by atoms with E-state index in [2.05, 4.69) is 17.9 Å². The third-order valence-corrected chi connectivity index (χ3v) is 4.48. The number of carbonyl (C=O) groups is 1. The van der Waals surface area contributed by atoms with Gasteiger partial charge in [-0.25, -0.2) is 4.79 Å². The normalized spacial score (nSPS) is 12.0. The van der Waals surface area contributed by atoms with Crippen molar-refractivity contribution in [2.24, 2.45) is 0 Å². The molecular formula is C16H19NO3S. The van der Waals surface area contributed by atoms with Crippen molar-refractivity contribution >= 4 is 23.0 Å². The lowest BCUT2D eigenvalue weighted by Gasteiger charge is -2.26. The molecule has 1 aromatic carbocycles. The monoisotopic (exact) mass is 305 g/mol. The van der Waals surface area contributed by atoms with Crippen LogP contribution in [0, 0.1) is 0 Å². The minimum Gasteiger partial charge on any atom is -0.496 e. The van der Waals surface area contributed by atoms with E-state index in [1.165, 1.54) is 11.3 Å². The third kappa shape index (κ3) is 3.55. The van der Waals surface area contributed by atoms with Gasteiger partial charge in [0.05, 0.1) is 7.11 Å². The van der Waals surface area contributed by atoms with Crippen molar-refractivity contribution < 1.29 is 14.6 Å². The predicted molar refractivity (Wildman–Crippen MR) is 85.8 cm³/mol. The van der Waals surface area contributed by atoms with Gasteiger partial charge in [-0.15, -0.1) is 11.3 Å². The van der Waals surface area contributed by atoms with Gasteiger partial charge in [-0.05, 0) is 31.0 Å². The molecule has 0 amide bonds. The van der Waals surface area contributed by atoms with Crippen LogP contribution in [-0.2, 0) is 6.42 Å². The Hall–Kier alpha value is -2.01. The minimum atomic E-state index is -0.878. The second kappa shape index (κ2) is 6.63. The van der Waals surface area contributed by atoms with Crippen molar-refractivity contribution in [3.8, 4) is 5.75 Å². The standard InChI is InChI=1S/C16H19NO3S/c1-11(8-12-6-4-5-7-14(12)20-3)17(2)13-9-15(16(18)19)21-10-13/h4-7,9-11H,8H2,1-3H3,(H,18,19). The molecule has 112 valence electrons. The fourth-order valence-electron chi connectivity index (χ4n) is 2.20. The Morgan fingerprint density at radius 1 is 1.43 bits per heavy atom. The first-order valence-electron chi connectivity index (χ1n) is 6.69. The van der Waals surface area contributed by atoms with Gasteiger partial charge in [0.15, 0.2) is 0 Å². The molecule has 21 heavy (non-hydrogen) atoms. The summed E-state index contributed by atoms with van der Waals surface area (Å²) >= 11 is 1.25. The second-order valence-corrected chi connectivity index (χ2v) is 5.86. The number of anilines is 1. The Kier molecular flexibility index (Phi) is 4.85. The lowest BCUT2D eigenvalue weighted by atomic mass is 10.0. The average molecular weight is 305 g/mol. The third-order valence-electron chi connectivity index (χ3n) is 3.57. The van der Waals surface area contributed by atoms with Gasteiger partial charge in [0.1, 0.15) is 10.6 Å². The van der Waals surface area contributed by atoms with E-state index in [9.17, 15) is 4.79 Å². The molecule has 0 aliphatic carbocycles. The van der Waals surface area contributed by atoms with E-state index < -0.39 is 5.97 Å². The van der Waals surface area contributed by atoms with Crippen LogP contribution in [0.5, 0.6) is 5.75 Å². The molecule has 1 atom stereocenters. The van der Waals surface area contributed by atoms with Crippen molar-refractivity contribution in [1.29, 1.82) is 0 Å². The van der Waals surface area contributed by atoms with Gasteiger partial charge in [-0.2, -0.15) is 0 Å². The first-order chi connectivity index (χ1) is 10.0. The fraction of sp³-hybridized carbons (Fsp3) is 0.312. The molecule has 1 heterocycles. The number of methoxy groups -OCH3 is 1. The molecule has 5 heteroatoms. The molecular weight excluding hydrogens is 286 g/mol. The number of aromatic carboxylic acids is 1. The lowest BCUT2D eigenvalue weighted by molar-refractivity contribution is 0.0702. The van der Waals surface area contributed by atoms with Crippen molar-refractivity contribution in [2.45, 2.75) is 19.4 Å². The van der Waals surface area contributed by atoms with Crippen molar-refractivity contribution in [2.75, 3.05) is 19.1 Å². The molecule has 1 N–H and O–H groups in total. The Morgan fingerprint density at radius 2 is 2.14 bits per heavy atom. The molecule has 1 aromatic heterocycles. The Balaban J connectivity index is 2.11. The number of carboxylic acids is 1. The largest absolute Gasteiger partial charge is 0.496 e. The highest BCUT2D eigenvalue weighted by atomic mass is 32.1. The number of thiophene rings is 1. The summed E-state index contributed by atoms with van der Waals surface area (Å²) in [6.07, 6.45) is 0.832. The summed E-state index contributed by atoms with van der Waals surface area (Å²) < 4.78 is 5.37. The van der Waals surface area contributed by atoms with Crippen LogP contribution in [0.25, 0.3) is 0 Å². The smallest absolute Gasteiger partial charge is 0.345 e. The topological polar surface area (TPSA) is 49.8 Å². The van der Waals surface area contributed by atoms with Crippen LogP contribution in [0.4, 0.5) is 5.69 Å². The quantitative estimate of drug-likeness (QED) is 0.887. The van der Waals surface area contributed by atoms with Crippen LogP contribution in [-0.4, -0.2) is 31.3 Å². The number of likely N-dealkylation sites (N-methyl/N-ethyl adjacent to an activating group) is 1. The fourth-order valence-corrected chi connectivity index (χ4v) is 2.98. The summed E-state index contributed by atoms with van der Waals surface area (Å²) in [5.41, 5.74) is 2.08. The van der Waals surface area contributed by atoms with E-state index in [-0.39, 0.29) is 6.04 Å². The first-order valence-corrected chi connectivity index (χ1v) is 7.57.